The van der Waals surface area contributed by atoms with Gasteiger partial charge in [-0.2, -0.15) is 19.0 Å². The first-order valence-corrected chi connectivity index (χ1v) is 14.1. The molecule has 0 aliphatic rings. The normalized spacial score (nSPS) is 12.1. The number of ether oxygens (including phenoxy) is 1. The van der Waals surface area contributed by atoms with Crippen molar-refractivity contribution in [1.82, 2.24) is 25.1 Å². The number of hydrogen-bond acceptors (Lipinski definition) is 7. The summed E-state index contributed by atoms with van der Waals surface area (Å²) in [4.78, 5) is 34.5. The van der Waals surface area contributed by atoms with E-state index in [1.54, 1.807) is 24.7 Å². The number of alkyl halides is 2. The highest BCUT2D eigenvalue weighted by molar-refractivity contribution is 9.10. The molecule has 0 aliphatic carbocycles. The second-order valence-electron chi connectivity index (χ2n) is 7.94. The SMILES string of the molecule is O=C(NCc1cccnn1)c1cc(OCCCCn2ccnc2)c2sc(C(F)(F)P(=O)(O)O)c(Br)c2c1. The molecule has 37 heavy (non-hydrogen) atoms. The quantitative estimate of drug-likeness (QED) is 0.163. The summed E-state index contributed by atoms with van der Waals surface area (Å²) in [6.45, 7) is 1.03. The number of hydrogen-bond donors (Lipinski definition) is 3. The van der Waals surface area contributed by atoms with Crippen LogP contribution >= 0.6 is 34.9 Å². The van der Waals surface area contributed by atoms with Gasteiger partial charge in [-0.15, -0.1) is 11.3 Å². The standard InChI is InChI=1S/C22H21BrF2N5O5PS/c23-18-16-10-14(21(31)27-12-15-4-3-5-28-29-15)11-17(35-9-2-1-7-30-8-6-26-13-30)19(16)37-20(18)22(24,25)36(32,33)34/h3-6,8,10-11,13H,1-2,7,9,12H2,(H,27,31)(H2,32,33,34). The molecule has 10 nitrogen and oxygen atoms in total. The first kappa shape index (κ1) is 27.3. The number of halogens is 3. The lowest BCUT2D eigenvalue weighted by atomic mass is 10.1. The van der Waals surface area contributed by atoms with E-state index < -0.39 is 24.0 Å². The van der Waals surface area contributed by atoms with Gasteiger partial charge in [-0.25, -0.2) is 4.98 Å². The van der Waals surface area contributed by atoms with Gasteiger partial charge in [-0.3, -0.25) is 9.36 Å². The minimum Gasteiger partial charge on any atom is -0.492 e. The summed E-state index contributed by atoms with van der Waals surface area (Å²) < 4.78 is 48.6. The number of fused-ring (bicyclic) bond motifs is 1. The molecule has 0 atom stereocenters. The van der Waals surface area contributed by atoms with Gasteiger partial charge in [0.05, 0.1) is 29.9 Å². The highest BCUT2D eigenvalue weighted by Crippen LogP contribution is 2.63. The maximum Gasteiger partial charge on any atom is 0.400 e. The Morgan fingerprint density at radius 3 is 2.76 bits per heavy atom. The van der Waals surface area contributed by atoms with Crippen molar-refractivity contribution in [2.45, 2.75) is 31.6 Å². The van der Waals surface area contributed by atoms with Crippen LogP contribution in [0.4, 0.5) is 8.78 Å². The first-order valence-electron chi connectivity index (χ1n) is 10.9. The zero-order valence-electron chi connectivity index (χ0n) is 19.1. The van der Waals surface area contributed by atoms with Crippen molar-refractivity contribution >= 4 is 50.9 Å². The van der Waals surface area contributed by atoms with Crippen LogP contribution in [-0.2, 0) is 23.3 Å². The number of rotatable bonds is 11. The van der Waals surface area contributed by atoms with Gasteiger partial charge in [0.25, 0.3) is 5.91 Å². The van der Waals surface area contributed by atoms with Crippen LogP contribution in [0.3, 0.4) is 0 Å². The molecule has 4 rings (SSSR count). The summed E-state index contributed by atoms with van der Waals surface area (Å²) in [5.41, 5.74) is -3.78. The molecular formula is C22H21BrF2N5O5PS. The summed E-state index contributed by atoms with van der Waals surface area (Å²) in [5, 5.41) is 10.5. The fourth-order valence-electron chi connectivity index (χ4n) is 3.40. The maximum absolute atomic E-state index is 14.6. The third-order valence-corrected chi connectivity index (χ3v) is 8.76. The number of carbonyl (C=O) groups excluding carboxylic acids is 1. The molecule has 1 aromatic carbocycles. The number of imidazole rings is 1. The summed E-state index contributed by atoms with van der Waals surface area (Å²) in [5.74, 6) is -0.359. The van der Waals surface area contributed by atoms with Crippen LogP contribution < -0.4 is 10.1 Å². The van der Waals surface area contributed by atoms with Crippen LogP contribution in [0, 0.1) is 0 Å². The van der Waals surface area contributed by atoms with Crippen molar-refractivity contribution in [2.24, 2.45) is 0 Å². The van der Waals surface area contributed by atoms with Crippen LogP contribution in [0.1, 0.15) is 33.8 Å². The van der Waals surface area contributed by atoms with Gasteiger partial charge in [-0.05, 0) is 53.0 Å². The molecule has 0 radical (unpaired) electrons. The Balaban J connectivity index is 1.61. The summed E-state index contributed by atoms with van der Waals surface area (Å²) in [6, 6.07) is 6.14. The van der Waals surface area contributed by atoms with E-state index in [2.05, 4.69) is 36.4 Å². The Morgan fingerprint density at radius 2 is 2.08 bits per heavy atom. The Morgan fingerprint density at radius 1 is 1.27 bits per heavy atom. The van der Waals surface area contributed by atoms with Gasteiger partial charge in [-0.1, -0.05) is 0 Å². The van der Waals surface area contributed by atoms with Crippen LogP contribution in [0.2, 0.25) is 0 Å². The zero-order chi connectivity index (χ0) is 26.6. The minimum atomic E-state index is -5.81. The highest BCUT2D eigenvalue weighted by Gasteiger charge is 2.53. The Kier molecular flexibility index (Phi) is 8.34. The number of unbranched alkanes of at least 4 members (excludes halogenated alkanes) is 1. The molecule has 0 aliphatic heterocycles. The average Bonchev–Trinajstić information content (AvgIpc) is 3.50. The van der Waals surface area contributed by atoms with Gasteiger partial charge < -0.3 is 24.4 Å². The Labute approximate surface area is 222 Å². The van der Waals surface area contributed by atoms with Crippen molar-refractivity contribution in [3.8, 4) is 5.75 Å². The van der Waals surface area contributed by atoms with Gasteiger partial charge >= 0.3 is 13.3 Å². The predicted molar refractivity (Wildman–Crippen MR) is 136 cm³/mol. The van der Waals surface area contributed by atoms with Gasteiger partial charge in [0.2, 0.25) is 0 Å². The minimum absolute atomic E-state index is 0.0848. The third-order valence-electron chi connectivity index (χ3n) is 5.28. The Hall–Kier alpha value is -2.77. The first-order chi connectivity index (χ1) is 17.6. The molecule has 3 heterocycles. The second-order valence-corrected chi connectivity index (χ2v) is 11.4. The van der Waals surface area contributed by atoms with E-state index in [-0.39, 0.29) is 39.0 Å². The third kappa shape index (κ3) is 6.21. The zero-order valence-corrected chi connectivity index (χ0v) is 22.3. The molecule has 3 aromatic heterocycles. The van der Waals surface area contributed by atoms with Crippen molar-refractivity contribution in [3.63, 3.8) is 0 Å². The number of benzene rings is 1. The number of nitrogens with zero attached hydrogens (tertiary/aromatic N) is 4. The lowest BCUT2D eigenvalue weighted by Crippen LogP contribution is -2.23. The molecule has 1 amide bonds. The van der Waals surface area contributed by atoms with Gasteiger partial charge in [0, 0.05) is 40.6 Å². The van der Waals surface area contributed by atoms with E-state index in [1.165, 1.54) is 18.3 Å². The van der Waals surface area contributed by atoms with E-state index in [1.807, 2.05) is 10.8 Å². The number of carbonyl (C=O) groups is 1. The molecular weight excluding hydrogens is 595 g/mol. The molecule has 0 fully saturated rings. The number of aromatic nitrogens is 4. The molecule has 3 N–H and O–H groups in total. The molecule has 0 spiro atoms. The molecule has 0 saturated carbocycles. The topological polar surface area (TPSA) is 139 Å². The highest BCUT2D eigenvalue weighted by atomic mass is 79.9. The summed E-state index contributed by atoms with van der Waals surface area (Å²) >= 11 is 3.56. The van der Waals surface area contributed by atoms with Crippen LogP contribution in [0.15, 0.2) is 53.7 Å². The Bertz CT molecular complexity index is 1430. The molecule has 15 heteroatoms. The van der Waals surface area contributed by atoms with Gasteiger partial charge in [0.15, 0.2) is 0 Å². The lowest BCUT2D eigenvalue weighted by molar-refractivity contribution is 0.0595. The van der Waals surface area contributed by atoms with Crippen molar-refractivity contribution < 1.29 is 32.7 Å². The number of thiophene rings is 1. The average molecular weight is 616 g/mol. The number of nitrogens with one attached hydrogen (secondary N) is 1. The molecule has 0 bridgehead atoms. The van der Waals surface area contributed by atoms with E-state index in [0.717, 1.165) is 6.42 Å². The van der Waals surface area contributed by atoms with Crippen LogP contribution in [-0.4, -0.2) is 42.0 Å². The van der Waals surface area contributed by atoms with E-state index in [0.29, 0.717) is 30.0 Å². The largest absolute Gasteiger partial charge is 0.492 e. The van der Waals surface area contributed by atoms with E-state index in [9.17, 15) is 27.9 Å². The maximum atomic E-state index is 14.6. The second kappa shape index (κ2) is 11.3. The monoisotopic (exact) mass is 615 g/mol. The molecule has 0 unspecified atom stereocenters. The number of aryl methyl sites for hydroxylation is 1. The predicted octanol–water partition coefficient (Wildman–Crippen LogP) is 4.67. The van der Waals surface area contributed by atoms with E-state index in [4.69, 9.17) is 4.74 Å². The summed E-state index contributed by atoms with van der Waals surface area (Å²) in [7, 11) is -5.81. The lowest BCUT2D eigenvalue weighted by Gasteiger charge is -2.16. The number of amides is 1. The smallest absolute Gasteiger partial charge is 0.400 e. The van der Waals surface area contributed by atoms with Crippen molar-refractivity contribution in [3.05, 3.63) is 69.8 Å². The molecule has 196 valence electrons. The fraction of sp³-hybridized carbons (Fsp3) is 0.273. The molecule has 4 aromatic rings. The van der Waals surface area contributed by atoms with E-state index >= 15 is 0 Å². The molecule has 0 saturated heterocycles. The fourth-order valence-corrected chi connectivity index (χ4v) is 6.38. The van der Waals surface area contributed by atoms with Crippen LogP contribution in [0.5, 0.6) is 5.75 Å². The van der Waals surface area contributed by atoms with Gasteiger partial charge in [0.1, 0.15) is 10.6 Å². The summed E-state index contributed by atoms with van der Waals surface area (Å²) in [6.07, 6.45) is 8.08. The van der Waals surface area contributed by atoms with Crippen LogP contribution in [0.25, 0.3) is 10.1 Å². The van der Waals surface area contributed by atoms with Crippen molar-refractivity contribution in [2.75, 3.05) is 6.61 Å². The van der Waals surface area contributed by atoms with Crippen molar-refractivity contribution in [1.29, 1.82) is 0 Å².